The molecule has 3 rings (SSSR count). The first-order valence-electron chi connectivity index (χ1n) is 8.36. The minimum absolute atomic E-state index is 0.0164. The van der Waals surface area contributed by atoms with Gasteiger partial charge in [0.05, 0.1) is 17.7 Å². The number of hydrogen-bond acceptors (Lipinski definition) is 4. The van der Waals surface area contributed by atoms with Crippen molar-refractivity contribution in [2.75, 3.05) is 5.32 Å². The minimum Gasteiger partial charge on any atom is -0.468 e. The van der Waals surface area contributed by atoms with E-state index in [1.807, 2.05) is 32.0 Å². The molecule has 0 aliphatic heterocycles. The van der Waals surface area contributed by atoms with E-state index in [2.05, 4.69) is 10.0 Å². The molecule has 0 unspecified atom stereocenters. The first-order valence-corrected chi connectivity index (χ1v) is 9.84. The summed E-state index contributed by atoms with van der Waals surface area (Å²) in [6.45, 7) is 3.87. The number of carbonyl (C=O) groups excluding carboxylic acids is 1. The standard InChI is InChI=1S/C20H20N2O4S/c1-14-8-9-15(2)19(11-14)22-20(23)16-5-3-7-18(12-16)27(24,25)21-13-17-6-4-10-26-17/h3-12,21H,13H2,1-2H3,(H,22,23). The largest absolute Gasteiger partial charge is 0.468 e. The maximum Gasteiger partial charge on any atom is 0.255 e. The SMILES string of the molecule is Cc1ccc(C)c(NC(=O)c2cccc(S(=O)(=O)NCc3ccco3)c2)c1. The van der Waals surface area contributed by atoms with Crippen LogP contribution in [0.4, 0.5) is 5.69 Å². The highest BCUT2D eigenvalue weighted by atomic mass is 32.2. The number of carbonyl (C=O) groups is 1. The van der Waals surface area contributed by atoms with Crippen molar-refractivity contribution in [3.05, 3.63) is 83.3 Å². The van der Waals surface area contributed by atoms with E-state index in [0.717, 1.165) is 11.1 Å². The second-order valence-corrected chi connectivity index (χ2v) is 7.97. The average Bonchev–Trinajstić information content (AvgIpc) is 3.17. The molecule has 0 fully saturated rings. The second kappa shape index (κ2) is 7.77. The topological polar surface area (TPSA) is 88.4 Å². The van der Waals surface area contributed by atoms with Gasteiger partial charge in [0.25, 0.3) is 5.91 Å². The quantitative estimate of drug-likeness (QED) is 0.679. The molecule has 1 heterocycles. The van der Waals surface area contributed by atoms with Crippen LogP contribution in [0.15, 0.2) is 70.2 Å². The van der Waals surface area contributed by atoms with Crippen LogP contribution in [0.3, 0.4) is 0 Å². The summed E-state index contributed by atoms with van der Waals surface area (Å²) >= 11 is 0. The van der Waals surface area contributed by atoms with Gasteiger partial charge in [-0.1, -0.05) is 18.2 Å². The van der Waals surface area contributed by atoms with Crippen LogP contribution < -0.4 is 10.0 Å². The van der Waals surface area contributed by atoms with E-state index in [1.54, 1.807) is 24.3 Å². The van der Waals surface area contributed by atoms with E-state index in [0.29, 0.717) is 11.4 Å². The Morgan fingerprint density at radius 1 is 1.04 bits per heavy atom. The van der Waals surface area contributed by atoms with Crippen molar-refractivity contribution in [3.8, 4) is 0 Å². The predicted molar refractivity (Wildman–Crippen MR) is 103 cm³/mol. The van der Waals surface area contributed by atoms with Gasteiger partial charge in [0.2, 0.25) is 10.0 Å². The molecule has 140 valence electrons. The van der Waals surface area contributed by atoms with Gasteiger partial charge in [-0.05, 0) is 61.4 Å². The molecule has 6 nitrogen and oxygen atoms in total. The highest BCUT2D eigenvalue weighted by Gasteiger charge is 2.17. The van der Waals surface area contributed by atoms with E-state index in [-0.39, 0.29) is 22.9 Å². The van der Waals surface area contributed by atoms with Gasteiger partial charge in [0.1, 0.15) is 5.76 Å². The molecule has 7 heteroatoms. The monoisotopic (exact) mass is 384 g/mol. The fraction of sp³-hybridized carbons (Fsp3) is 0.150. The van der Waals surface area contributed by atoms with Crippen LogP contribution in [0.25, 0.3) is 0 Å². The second-order valence-electron chi connectivity index (χ2n) is 6.20. The number of nitrogens with one attached hydrogen (secondary N) is 2. The molecule has 2 N–H and O–H groups in total. The van der Waals surface area contributed by atoms with Crippen molar-refractivity contribution in [2.24, 2.45) is 0 Å². The smallest absolute Gasteiger partial charge is 0.255 e. The molecule has 0 saturated heterocycles. The Kier molecular flexibility index (Phi) is 5.43. The van der Waals surface area contributed by atoms with Gasteiger partial charge in [-0.2, -0.15) is 0 Å². The number of sulfonamides is 1. The van der Waals surface area contributed by atoms with Crippen molar-refractivity contribution < 1.29 is 17.6 Å². The van der Waals surface area contributed by atoms with Gasteiger partial charge in [0.15, 0.2) is 0 Å². The number of furan rings is 1. The number of anilines is 1. The fourth-order valence-electron chi connectivity index (χ4n) is 2.53. The predicted octanol–water partition coefficient (Wildman–Crippen LogP) is 3.63. The summed E-state index contributed by atoms with van der Waals surface area (Å²) in [6.07, 6.45) is 1.47. The number of amides is 1. The third-order valence-corrected chi connectivity index (χ3v) is 5.46. The van der Waals surface area contributed by atoms with Crippen molar-refractivity contribution in [3.63, 3.8) is 0 Å². The van der Waals surface area contributed by atoms with Crippen molar-refractivity contribution >= 4 is 21.6 Å². The van der Waals surface area contributed by atoms with Crippen LogP contribution in [-0.2, 0) is 16.6 Å². The molecule has 1 amide bonds. The fourth-order valence-corrected chi connectivity index (χ4v) is 3.57. The lowest BCUT2D eigenvalue weighted by Crippen LogP contribution is -2.23. The van der Waals surface area contributed by atoms with E-state index < -0.39 is 10.0 Å². The highest BCUT2D eigenvalue weighted by molar-refractivity contribution is 7.89. The number of hydrogen-bond donors (Lipinski definition) is 2. The average molecular weight is 384 g/mol. The molecule has 27 heavy (non-hydrogen) atoms. The molecule has 3 aromatic rings. The lowest BCUT2D eigenvalue weighted by molar-refractivity contribution is 0.102. The van der Waals surface area contributed by atoms with Gasteiger partial charge >= 0.3 is 0 Å². The molecule has 0 spiro atoms. The highest BCUT2D eigenvalue weighted by Crippen LogP contribution is 2.19. The Morgan fingerprint density at radius 3 is 2.59 bits per heavy atom. The Hall–Kier alpha value is -2.90. The summed E-state index contributed by atoms with van der Waals surface area (Å²) in [4.78, 5) is 12.6. The van der Waals surface area contributed by atoms with Crippen LogP contribution >= 0.6 is 0 Å². The Balaban J connectivity index is 1.78. The molecule has 0 atom stereocenters. The van der Waals surface area contributed by atoms with Crippen LogP contribution in [0, 0.1) is 13.8 Å². The molecular formula is C20H20N2O4S. The zero-order valence-corrected chi connectivity index (χ0v) is 15.8. The zero-order valence-electron chi connectivity index (χ0n) is 15.0. The van der Waals surface area contributed by atoms with Crippen molar-refractivity contribution in [1.29, 1.82) is 0 Å². The maximum absolute atomic E-state index is 12.6. The molecular weight excluding hydrogens is 364 g/mol. The van der Waals surface area contributed by atoms with Crippen LogP contribution in [0.5, 0.6) is 0 Å². The maximum atomic E-state index is 12.6. The first kappa shape index (κ1) is 18.9. The van der Waals surface area contributed by atoms with E-state index in [9.17, 15) is 13.2 Å². The van der Waals surface area contributed by atoms with Gasteiger partial charge in [0, 0.05) is 11.3 Å². The summed E-state index contributed by atoms with van der Waals surface area (Å²) < 4.78 is 32.5. The molecule has 0 aliphatic rings. The lowest BCUT2D eigenvalue weighted by atomic mass is 10.1. The third kappa shape index (κ3) is 4.64. The summed E-state index contributed by atoms with van der Waals surface area (Å²) in [5.74, 6) is 0.133. The molecule has 0 saturated carbocycles. The molecule has 0 aliphatic carbocycles. The lowest BCUT2D eigenvalue weighted by Gasteiger charge is -2.11. The van der Waals surface area contributed by atoms with Crippen LogP contribution in [-0.4, -0.2) is 14.3 Å². The van der Waals surface area contributed by atoms with Crippen LogP contribution in [0.1, 0.15) is 27.2 Å². The minimum atomic E-state index is -3.77. The summed E-state index contributed by atoms with van der Waals surface area (Å²) in [5, 5.41) is 2.83. The molecule has 0 bridgehead atoms. The Morgan fingerprint density at radius 2 is 1.85 bits per heavy atom. The number of aryl methyl sites for hydroxylation is 2. The van der Waals surface area contributed by atoms with E-state index in [1.165, 1.54) is 18.4 Å². The van der Waals surface area contributed by atoms with Gasteiger partial charge in [-0.15, -0.1) is 0 Å². The van der Waals surface area contributed by atoms with Crippen molar-refractivity contribution in [1.82, 2.24) is 4.72 Å². The zero-order chi connectivity index (χ0) is 19.4. The molecule has 1 aromatic heterocycles. The Labute approximate surface area is 158 Å². The van der Waals surface area contributed by atoms with Gasteiger partial charge < -0.3 is 9.73 Å². The van der Waals surface area contributed by atoms with E-state index >= 15 is 0 Å². The molecule has 0 radical (unpaired) electrons. The summed E-state index contributed by atoms with van der Waals surface area (Å²) in [6, 6.07) is 15.0. The normalized spacial score (nSPS) is 11.3. The van der Waals surface area contributed by atoms with Gasteiger partial charge in [-0.25, -0.2) is 13.1 Å². The van der Waals surface area contributed by atoms with Gasteiger partial charge in [-0.3, -0.25) is 4.79 Å². The van der Waals surface area contributed by atoms with Crippen LogP contribution in [0.2, 0.25) is 0 Å². The summed E-state index contributed by atoms with van der Waals surface area (Å²) in [7, 11) is -3.77. The number of benzene rings is 2. The van der Waals surface area contributed by atoms with Crippen molar-refractivity contribution in [2.45, 2.75) is 25.3 Å². The molecule has 2 aromatic carbocycles. The summed E-state index contributed by atoms with van der Waals surface area (Å²) in [5.41, 5.74) is 2.91. The van der Waals surface area contributed by atoms with E-state index in [4.69, 9.17) is 4.42 Å². The first-order chi connectivity index (χ1) is 12.8. The third-order valence-electron chi connectivity index (χ3n) is 4.06. The number of rotatable bonds is 6. The Bertz CT molecular complexity index is 1060.